The SMILES string of the molecule is Cc1cc(C)cc(CC2(N)CC3CCC2C3)c1. The highest BCUT2D eigenvalue weighted by atomic mass is 14.8. The van der Waals surface area contributed by atoms with Crippen LogP contribution in [0.2, 0.25) is 0 Å². The molecule has 0 saturated heterocycles. The maximum atomic E-state index is 6.68. The van der Waals surface area contributed by atoms with Crippen LogP contribution in [-0.2, 0) is 6.42 Å². The maximum Gasteiger partial charge on any atom is 0.0226 e. The molecule has 0 spiro atoms. The number of benzene rings is 1. The van der Waals surface area contributed by atoms with Crippen LogP contribution < -0.4 is 5.73 Å². The van der Waals surface area contributed by atoms with E-state index >= 15 is 0 Å². The molecule has 2 aliphatic carbocycles. The molecule has 0 aromatic heterocycles. The van der Waals surface area contributed by atoms with Gasteiger partial charge in [0.25, 0.3) is 0 Å². The lowest BCUT2D eigenvalue weighted by Crippen LogP contribution is -2.46. The van der Waals surface area contributed by atoms with Crippen LogP contribution in [0.25, 0.3) is 0 Å². The number of nitrogens with two attached hydrogens (primary N) is 1. The number of hydrogen-bond acceptors (Lipinski definition) is 1. The summed E-state index contributed by atoms with van der Waals surface area (Å²) in [4.78, 5) is 0. The van der Waals surface area contributed by atoms with Crippen LogP contribution in [0, 0.1) is 25.7 Å². The average Bonchev–Trinajstić information content (AvgIpc) is 2.74. The van der Waals surface area contributed by atoms with Crippen LogP contribution in [0.1, 0.15) is 42.4 Å². The van der Waals surface area contributed by atoms with Crippen LogP contribution in [0.5, 0.6) is 0 Å². The normalized spacial score (nSPS) is 35.5. The van der Waals surface area contributed by atoms with Crippen LogP contribution in [-0.4, -0.2) is 5.54 Å². The van der Waals surface area contributed by atoms with Crippen molar-refractivity contribution in [2.45, 2.75) is 51.5 Å². The first kappa shape index (κ1) is 11.3. The Hall–Kier alpha value is -0.820. The van der Waals surface area contributed by atoms with Gasteiger partial charge in [-0.25, -0.2) is 0 Å². The van der Waals surface area contributed by atoms with Crippen molar-refractivity contribution in [3.63, 3.8) is 0 Å². The van der Waals surface area contributed by atoms with Gasteiger partial charge in [-0.1, -0.05) is 35.7 Å². The molecular weight excluding hydrogens is 206 g/mol. The predicted octanol–water partition coefficient (Wildman–Crippen LogP) is 3.36. The first-order valence-corrected chi connectivity index (χ1v) is 6.91. The van der Waals surface area contributed by atoms with Crippen molar-refractivity contribution < 1.29 is 0 Å². The molecule has 2 fully saturated rings. The van der Waals surface area contributed by atoms with Gasteiger partial charge < -0.3 is 5.73 Å². The summed E-state index contributed by atoms with van der Waals surface area (Å²) in [5.41, 5.74) is 11.0. The second-order valence-electron chi connectivity index (χ2n) is 6.49. The van der Waals surface area contributed by atoms with E-state index in [1.54, 1.807) is 0 Å². The minimum absolute atomic E-state index is 0.100. The van der Waals surface area contributed by atoms with Gasteiger partial charge in [-0.15, -0.1) is 0 Å². The van der Waals surface area contributed by atoms with Gasteiger partial charge >= 0.3 is 0 Å². The van der Waals surface area contributed by atoms with Gasteiger partial charge in [-0.2, -0.15) is 0 Å². The topological polar surface area (TPSA) is 26.0 Å². The third-order valence-corrected chi connectivity index (χ3v) is 4.84. The van der Waals surface area contributed by atoms with Crippen molar-refractivity contribution in [3.8, 4) is 0 Å². The van der Waals surface area contributed by atoms with E-state index in [2.05, 4.69) is 32.0 Å². The molecule has 0 amide bonds. The highest BCUT2D eigenvalue weighted by Gasteiger charge is 2.48. The summed E-state index contributed by atoms with van der Waals surface area (Å²) < 4.78 is 0. The van der Waals surface area contributed by atoms with Gasteiger partial charge in [0.1, 0.15) is 0 Å². The average molecular weight is 229 g/mol. The summed E-state index contributed by atoms with van der Waals surface area (Å²) in [5, 5.41) is 0. The van der Waals surface area contributed by atoms with E-state index in [0.29, 0.717) is 0 Å². The summed E-state index contributed by atoms with van der Waals surface area (Å²) in [6.07, 6.45) is 6.52. The summed E-state index contributed by atoms with van der Waals surface area (Å²) in [6.45, 7) is 4.36. The molecule has 3 rings (SSSR count). The van der Waals surface area contributed by atoms with E-state index in [9.17, 15) is 0 Å². The standard InChI is InChI=1S/C16H23N/c1-11-5-12(2)7-14(6-11)10-16(17)9-13-3-4-15(16)8-13/h5-7,13,15H,3-4,8-10,17H2,1-2H3. The van der Waals surface area contributed by atoms with Gasteiger partial charge in [-0.05, 0) is 56.9 Å². The zero-order valence-corrected chi connectivity index (χ0v) is 11.0. The monoisotopic (exact) mass is 229 g/mol. The highest BCUT2D eigenvalue weighted by Crippen LogP contribution is 2.50. The van der Waals surface area contributed by atoms with E-state index in [-0.39, 0.29) is 5.54 Å². The predicted molar refractivity (Wildman–Crippen MR) is 72.0 cm³/mol. The molecule has 0 aliphatic heterocycles. The Kier molecular flexibility index (Phi) is 2.55. The lowest BCUT2D eigenvalue weighted by molar-refractivity contribution is 0.269. The van der Waals surface area contributed by atoms with E-state index in [1.807, 2.05) is 0 Å². The third kappa shape index (κ3) is 2.01. The molecule has 0 radical (unpaired) electrons. The molecule has 1 heteroatoms. The van der Waals surface area contributed by atoms with Gasteiger partial charge in [0.2, 0.25) is 0 Å². The molecule has 2 N–H and O–H groups in total. The van der Waals surface area contributed by atoms with Gasteiger partial charge in [0, 0.05) is 5.54 Å². The zero-order valence-electron chi connectivity index (χ0n) is 11.0. The van der Waals surface area contributed by atoms with Crippen molar-refractivity contribution >= 4 is 0 Å². The molecule has 1 nitrogen and oxygen atoms in total. The molecule has 2 saturated carbocycles. The molecule has 3 atom stereocenters. The second kappa shape index (κ2) is 3.84. The Labute approximate surface area is 104 Å². The van der Waals surface area contributed by atoms with Gasteiger partial charge in [-0.3, -0.25) is 0 Å². The second-order valence-corrected chi connectivity index (χ2v) is 6.49. The van der Waals surface area contributed by atoms with Crippen molar-refractivity contribution in [2.75, 3.05) is 0 Å². The summed E-state index contributed by atoms with van der Waals surface area (Å²) >= 11 is 0. The van der Waals surface area contributed by atoms with E-state index in [4.69, 9.17) is 5.73 Å². The number of rotatable bonds is 2. The number of aryl methyl sites for hydroxylation is 2. The van der Waals surface area contributed by atoms with E-state index < -0.39 is 0 Å². The third-order valence-electron chi connectivity index (χ3n) is 4.84. The van der Waals surface area contributed by atoms with Crippen LogP contribution in [0.4, 0.5) is 0 Å². The lowest BCUT2D eigenvalue weighted by Gasteiger charge is -2.34. The first-order chi connectivity index (χ1) is 8.05. The minimum Gasteiger partial charge on any atom is -0.325 e. The smallest absolute Gasteiger partial charge is 0.0226 e. The van der Waals surface area contributed by atoms with Gasteiger partial charge in [0.05, 0.1) is 0 Å². The van der Waals surface area contributed by atoms with Crippen molar-refractivity contribution in [1.82, 2.24) is 0 Å². The van der Waals surface area contributed by atoms with Crippen molar-refractivity contribution in [2.24, 2.45) is 17.6 Å². The fourth-order valence-electron chi connectivity index (χ4n) is 4.25. The number of fused-ring (bicyclic) bond motifs is 2. The highest BCUT2D eigenvalue weighted by molar-refractivity contribution is 5.30. The molecule has 92 valence electrons. The van der Waals surface area contributed by atoms with Crippen molar-refractivity contribution in [3.05, 3.63) is 34.9 Å². The van der Waals surface area contributed by atoms with Crippen LogP contribution >= 0.6 is 0 Å². The molecule has 17 heavy (non-hydrogen) atoms. The molecular formula is C16H23N. The summed E-state index contributed by atoms with van der Waals surface area (Å²) in [6, 6.07) is 6.87. The van der Waals surface area contributed by atoms with E-state index in [1.165, 1.54) is 42.4 Å². The fourth-order valence-corrected chi connectivity index (χ4v) is 4.25. The summed E-state index contributed by atoms with van der Waals surface area (Å²) in [7, 11) is 0. The molecule has 2 bridgehead atoms. The Morgan fingerprint density at radius 2 is 1.88 bits per heavy atom. The molecule has 1 aromatic carbocycles. The molecule has 1 aromatic rings. The fraction of sp³-hybridized carbons (Fsp3) is 0.625. The number of hydrogen-bond donors (Lipinski definition) is 1. The Morgan fingerprint density at radius 1 is 1.18 bits per heavy atom. The largest absolute Gasteiger partial charge is 0.325 e. The zero-order chi connectivity index (χ0) is 12.0. The van der Waals surface area contributed by atoms with Crippen molar-refractivity contribution in [1.29, 1.82) is 0 Å². The molecule has 3 unspecified atom stereocenters. The quantitative estimate of drug-likeness (QED) is 0.826. The van der Waals surface area contributed by atoms with E-state index in [0.717, 1.165) is 18.3 Å². The summed E-state index contributed by atoms with van der Waals surface area (Å²) in [5.74, 6) is 1.71. The Bertz CT molecular complexity index is 417. The maximum absolute atomic E-state index is 6.68. The first-order valence-electron chi connectivity index (χ1n) is 6.91. The Balaban J connectivity index is 1.82. The molecule has 0 heterocycles. The lowest BCUT2D eigenvalue weighted by atomic mass is 9.77. The minimum atomic E-state index is 0.100. The molecule has 2 aliphatic rings. The van der Waals surface area contributed by atoms with Gasteiger partial charge in [0.15, 0.2) is 0 Å². The van der Waals surface area contributed by atoms with Crippen LogP contribution in [0.3, 0.4) is 0 Å². The van der Waals surface area contributed by atoms with Crippen LogP contribution in [0.15, 0.2) is 18.2 Å². The Morgan fingerprint density at radius 3 is 2.41 bits per heavy atom.